The van der Waals surface area contributed by atoms with Gasteiger partial charge in [-0.1, -0.05) is 24.3 Å². The molecule has 1 atom stereocenters. The number of aromatic amines is 1. The van der Waals surface area contributed by atoms with Gasteiger partial charge in [-0.25, -0.2) is 9.59 Å². The summed E-state index contributed by atoms with van der Waals surface area (Å²) in [4.78, 5) is 51.5. The van der Waals surface area contributed by atoms with Gasteiger partial charge in [0.15, 0.2) is 11.9 Å². The fourth-order valence-corrected chi connectivity index (χ4v) is 3.35. The third-order valence-electron chi connectivity index (χ3n) is 5.11. The summed E-state index contributed by atoms with van der Waals surface area (Å²) in [5.74, 6) is -1.54. The van der Waals surface area contributed by atoms with E-state index in [4.69, 9.17) is 13.9 Å². The standard InChI is InChI=1S/C24H23NO7/c1-12-20(24(29)30-5)13(2)25-21(12)22(27)15(4)31-23(28)19-11-10-18(32-19)17-8-6-16(7-9-17)14(3)26/h6-11,15,25H,1-5H3. The third-order valence-corrected chi connectivity index (χ3v) is 5.11. The molecule has 1 aromatic carbocycles. The lowest BCUT2D eigenvalue weighted by Gasteiger charge is -2.11. The second-order valence-corrected chi connectivity index (χ2v) is 7.33. The summed E-state index contributed by atoms with van der Waals surface area (Å²) in [5.41, 5.74) is 2.62. The Morgan fingerprint density at radius 2 is 1.62 bits per heavy atom. The molecule has 0 radical (unpaired) electrons. The number of hydrogen-bond donors (Lipinski definition) is 1. The summed E-state index contributed by atoms with van der Waals surface area (Å²) < 4.78 is 15.6. The molecule has 0 aliphatic rings. The van der Waals surface area contributed by atoms with E-state index in [1.54, 1.807) is 44.2 Å². The smallest absolute Gasteiger partial charge is 0.374 e. The Morgan fingerprint density at radius 1 is 0.969 bits per heavy atom. The molecule has 0 aliphatic heterocycles. The fraction of sp³-hybridized carbons (Fsp3) is 0.250. The Bertz CT molecular complexity index is 1200. The van der Waals surface area contributed by atoms with E-state index in [0.717, 1.165) is 0 Å². The number of carbonyl (C=O) groups excluding carboxylic acids is 4. The van der Waals surface area contributed by atoms with Crippen LogP contribution in [0.5, 0.6) is 0 Å². The van der Waals surface area contributed by atoms with Gasteiger partial charge in [0.2, 0.25) is 11.5 Å². The van der Waals surface area contributed by atoms with Crippen LogP contribution in [-0.2, 0) is 9.47 Å². The van der Waals surface area contributed by atoms with Gasteiger partial charge >= 0.3 is 11.9 Å². The van der Waals surface area contributed by atoms with Gasteiger partial charge in [0, 0.05) is 16.8 Å². The predicted molar refractivity (Wildman–Crippen MR) is 115 cm³/mol. The van der Waals surface area contributed by atoms with Crippen LogP contribution < -0.4 is 0 Å². The van der Waals surface area contributed by atoms with Crippen molar-refractivity contribution in [1.29, 1.82) is 0 Å². The number of Topliss-reactive ketones (excluding diaryl/α,β-unsaturated/α-hetero) is 2. The van der Waals surface area contributed by atoms with E-state index in [2.05, 4.69) is 4.98 Å². The van der Waals surface area contributed by atoms with Gasteiger partial charge in [-0.3, -0.25) is 9.59 Å². The van der Waals surface area contributed by atoms with Crippen LogP contribution in [0.1, 0.15) is 66.9 Å². The van der Waals surface area contributed by atoms with Crippen molar-refractivity contribution in [3.63, 3.8) is 0 Å². The maximum atomic E-state index is 12.8. The van der Waals surface area contributed by atoms with Gasteiger partial charge in [-0.05, 0) is 45.4 Å². The molecule has 8 nitrogen and oxygen atoms in total. The topological polar surface area (TPSA) is 116 Å². The Morgan fingerprint density at radius 3 is 2.22 bits per heavy atom. The number of carbonyl (C=O) groups is 4. The normalized spacial score (nSPS) is 11.7. The van der Waals surface area contributed by atoms with E-state index < -0.39 is 23.8 Å². The second-order valence-electron chi connectivity index (χ2n) is 7.33. The molecule has 0 saturated heterocycles. The zero-order valence-electron chi connectivity index (χ0n) is 18.4. The first-order valence-corrected chi connectivity index (χ1v) is 9.88. The summed E-state index contributed by atoms with van der Waals surface area (Å²) in [5, 5.41) is 0. The lowest BCUT2D eigenvalue weighted by molar-refractivity contribution is 0.0288. The molecule has 0 fully saturated rings. The van der Waals surface area contributed by atoms with Gasteiger partial charge in [0.05, 0.1) is 18.4 Å². The van der Waals surface area contributed by atoms with Crippen molar-refractivity contribution in [3.8, 4) is 11.3 Å². The molecule has 3 rings (SSSR count). The number of methoxy groups -OCH3 is 1. The monoisotopic (exact) mass is 437 g/mol. The average Bonchev–Trinajstić information content (AvgIpc) is 3.37. The lowest BCUT2D eigenvalue weighted by Crippen LogP contribution is -2.25. The summed E-state index contributed by atoms with van der Waals surface area (Å²) in [6.45, 7) is 6.19. The highest BCUT2D eigenvalue weighted by Crippen LogP contribution is 2.24. The van der Waals surface area contributed by atoms with E-state index in [1.165, 1.54) is 27.0 Å². The average molecular weight is 437 g/mol. The molecular formula is C24H23NO7. The minimum absolute atomic E-state index is 0.0508. The quantitative estimate of drug-likeness (QED) is 0.432. The Kier molecular flexibility index (Phi) is 6.43. The maximum Gasteiger partial charge on any atom is 0.374 e. The van der Waals surface area contributed by atoms with Crippen LogP contribution in [0.4, 0.5) is 0 Å². The molecule has 0 aliphatic carbocycles. The predicted octanol–water partition coefficient (Wildman–Crippen LogP) is 4.31. The summed E-state index contributed by atoms with van der Waals surface area (Å²) in [6.07, 6.45) is -1.12. The van der Waals surface area contributed by atoms with E-state index in [9.17, 15) is 19.2 Å². The molecule has 166 valence electrons. The molecule has 1 N–H and O–H groups in total. The first-order chi connectivity index (χ1) is 15.1. The fourth-order valence-electron chi connectivity index (χ4n) is 3.35. The largest absolute Gasteiger partial charge is 0.465 e. The van der Waals surface area contributed by atoms with Gasteiger partial charge in [0.1, 0.15) is 5.76 Å². The molecule has 0 amide bonds. The third kappa shape index (κ3) is 4.39. The highest BCUT2D eigenvalue weighted by Gasteiger charge is 2.28. The minimum Gasteiger partial charge on any atom is -0.465 e. The molecule has 0 bridgehead atoms. The van der Waals surface area contributed by atoms with Crippen LogP contribution in [0, 0.1) is 13.8 Å². The van der Waals surface area contributed by atoms with Crippen LogP contribution in [-0.4, -0.2) is 41.7 Å². The van der Waals surface area contributed by atoms with E-state index >= 15 is 0 Å². The molecule has 3 aromatic rings. The Hall–Kier alpha value is -3.94. The van der Waals surface area contributed by atoms with Gasteiger partial charge in [-0.2, -0.15) is 0 Å². The number of aryl methyl sites for hydroxylation is 1. The molecule has 8 heteroatoms. The molecule has 0 saturated carbocycles. The number of hydrogen-bond acceptors (Lipinski definition) is 7. The number of nitrogens with one attached hydrogen (secondary N) is 1. The number of aromatic nitrogens is 1. The van der Waals surface area contributed by atoms with Gasteiger partial charge in [-0.15, -0.1) is 0 Å². The Labute approximate surface area is 184 Å². The van der Waals surface area contributed by atoms with Crippen molar-refractivity contribution in [1.82, 2.24) is 4.98 Å². The summed E-state index contributed by atoms with van der Waals surface area (Å²) >= 11 is 0. The second kappa shape index (κ2) is 9.05. The summed E-state index contributed by atoms with van der Waals surface area (Å²) in [7, 11) is 1.26. The number of rotatable bonds is 7. The van der Waals surface area contributed by atoms with E-state index in [-0.39, 0.29) is 22.8 Å². The van der Waals surface area contributed by atoms with Crippen molar-refractivity contribution in [2.24, 2.45) is 0 Å². The number of H-pyrrole nitrogens is 1. The van der Waals surface area contributed by atoms with Crippen LogP contribution in [0.3, 0.4) is 0 Å². The first kappa shape index (κ1) is 22.7. The first-order valence-electron chi connectivity index (χ1n) is 9.88. The van der Waals surface area contributed by atoms with E-state index in [1.807, 2.05) is 0 Å². The van der Waals surface area contributed by atoms with Crippen molar-refractivity contribution in [3.05, 3.63) is 70.2 Å². The molecular weight excluding hydrogens is 414 g/mol. The molecule has 2 aromatic heterocycles. The number of ketones is 2. The molecule has 0 spiro atoms. The summed E-state index contributed by atoms with van der Waals surface area (Å²) in [6, 6.07) is 9.82. The number of furan rings is 1. The van der Waals surface area contributed by atoms with Crippen LogP contribution in [0.2, 0.25) is 0 Å². The van der Waals surface area contributed by atoms with Crippen molar-refractivity contribution in [2.45, 2.75) is 33.8 Å². The molecule has 1 unspecified atom stereocenters. The highest BCUT2D eigenvalue weighted by molar-refractivity contribution is 6.04. The number of benzene rings is 1. The minimum atomic E-state index is -1.12. The van der Waals surface area contributed by atoms with Crippen LogP contribution in [0.15, 0.2) is 40.8 Å². The SMILES string of the molecule is COC(=O)c1c(C)[nH]c(C(=O)C(C)OC(=O)c2ccc(-c3ccc(C(C)=O)cc3)o2)c1C. The maximum absolute atomic E-state index is 12.8. The van der Waals surface area contributed by atoms with E-state index in [0.29, 0.717) is 28.1 Å². The zero-order valence-corrected chi connectivity index (χ0v) is 18.4. The van der Waals surface area contributed by atoms with Crippen molar-refractivity contribution >= 4 is 23.5 Å². The van der Waals surface area contributed by atoms with Crippen molar-refractivity contribution < 1.29 is 33.1 Å². The number of ether oxygens (including phenoxy) is 2. The van der Waals surface area contributed by atoms with Gasteiger partial charge < -0.3 is 18.9 Å². The molecule has 32 heavy (non-hydrogen) atoms. The molecule has 2 heterocycles. The van der Waals surface area contributed by atoms with Crippen LogP contribution >= 0.6 is 0 Å². The van der Waals surface area contributed by atoms with Crippen molar-refractivity contribution in [2.75, 3.05) is 7.11 Å². The number of esters is 2. The van der Waals surface area contributed by atoms with Crippen LogP contribution in [0.25, 0.3) is 11.3 Å². The van der Waals surface area contributed by atoms with Gasteiger partial charge in [0.25, 0.3) is 0 Å². The zero-order chi connectivity index (χ0) is 23.6. The Balaban J connectivity index is 1.73. The lowest BCUT2D eigenvalue weighted by atomic mass is 10.1. The highest BCUT2D eigenvalue weighted by atomic mass is 16.6.